The van der Waals surface area contributed by atoms with Gasteiger partial charge in [-0.15, -0.1) is 0 Å². The lowest BCUT2D eigenvalue weighted by atomic mass is 10.00. The normalized spacial score (nSPS) is 24.3. The molecule has 1 fully saturated rings. The van der Waals surface area contributed by atoms with Gasteiger partial charge in [0.25, 0.3) is 0 Å². The van der Waals surface area contributed by atoms with Crippen LogP contribution in [0.2, 0.25) is 0 Å². The first-order valence-corrected chi connectivity index (χ1v) is 10.3. The fourth-order valence-electron chi connectivity index (χ4n) is 4.03. The standard InChI is InChI=1S/C21H33N5O2/c1-16(15-25-12-6-4-3-5-7-13-25)14-21(2,28)26-20(22)23-19(24-26)17-8-10-18(27)11-9-17/h8,10-11,14,17,27-28H,3-7,9,12-13,15H2,1-2H3,(H2,22,23,24)/b16-14+. The SMILES string of the molecule is C/C(=C\C(C)(O)n1nc(C2C=CC(O)=CC2)nc1N)CN1CCCCCCC1. The molecule has 1 aromatic rings. The zero-order valence-electron chi connectivity index (χ0n) is 17.0. The molecule has 28 heavy (non-hydrogen) atoms. The summed E-state index contributed by atoms with van der Waals surface area (Å²) in [6.07, 6.45) is 14.1. The summed E-state index contributed by atoms with van der Waals surface area (Å²) in [6, 6.07) is 0. The van der Waals surface area contributed by atoms with Crippen LogP contribution in [0, 0.1) is 0 Å². The Labute approximate surface area is 167 Å². The lowest BCUT2D eigenvalue weighted by Gasteiger charge is -2.26. The van der Waals surface area contributed by atoms with Crippen LogP contribution in [0.4, 0.5) is 5.95 Å². The third-order valence-corrected chi connectivity index (χ3v) is 5.43. The Bertz CT molecular complexity index is 755. The van der Waals surface area contributed by atoms with Crippen LogP contribution in [-0.4, -0.2) is 49.5 Å². The van der Waals surface area contributed by atoms with Crippen LogP contribution in [0.1, 0.15) is 64.1 Å². The molecule has 4 N–H and O–H groups in total. The van der Waals surface area contributed by atoms with Gasteiger partial charge in [-0.25, -0.2) is 0 Å². The Morgan fingerprint density at radius 3 is 2.61 bits per heavy atom. The smallest absolute Gasteiger partial charge is 0.221 e. The number of aliphatic hydroxyl groups is 2. The second-order valence-electron chi connectivity index (χ2n) is 8.20. The lowest BCUT2D eigenvalue weighted by molar-refractivity contribution is 0.0217. The molecule has 0 spiro atoms. The number of aromatic nitrogens is 3. The third-order valence-electron chi connectivity index (χ3n) is 5.43. The van der Waals surface area contributed by atoms with Crippen LogP contribution in [0.3, 0.4) is 0 Å². The van der Waals surface area contributed by atoms with E-state index in [4.69, 9.17) is 5.73 Å². The molecule has 154 valence electrons. The average molecular weight is 388 g/mol. The summed E-state index contributed by atoms with van der Waals surface area (Å²) >= 11 is 0. The summed E-state index contributed by atoms with van der Waals surface area (Å²) in [5.41, 5.74) is 5.80. The molecular weight excluding hydrogens is 354 g/mol. The first-order valence-electron chi connectivity index (χ1n) is 10.3. The number of rotatable bonds is 5. The number of nitrogen functional groups attached to an aromatic ring is 1. The summed E-state index contributed by atoms with van der Waals surface area (Å²) in [4.78, 5) is 6.80. The molecule has 1 aromatic heterocycles. The highest BCUT2D eigenvalue weighted by molar-refractivity contribution is 5.27. The van der Waals surface area contributed by atoms with Crippen LogP contribution in [0.15, 0.2) is 35.6 Å². The van der Waals surface area contributed by atoms with E-state index in [1.807, 2.05) is 19.1 Å². The number of anilines is 1. The molecule has 0 saturated carbocycles. The molecule has 2 heterocycles. The maximum absolute atomic E-state index is 11.0. The van der Waals surface area contributed by atoms with E-state index in [-0.39, 0.29) is 17.6 Å². The summed E-state index contributed by atoms with van der Waals surface area (Å²) in [5.74, 6) is 0.926. The minimum atomic E-state index is -1.35. The van der Waals surface area contributed by atoms with E-state index in [1.54, 1.807) is 19.1 Å². The number of nitrogens with zero attached hydrogens (tertiary/aromatic N) is 4. The molecule has 2 atom stereocenters. The minimum Gasteiger partial charge on any atom is -0.508 e. The molecule has 2 aliphatic rings. The Balaban J connectivity index is 1.70. The second-order valence-corrected chi connectivity index (χ2v) is 8.20. The van der Waals surface area contributed by atoms with Crippen molar-refractivity contribution in [2.75, 3.05) is 25.4 Å². The first kappa shape index (κ1) is 20.6. The van der Waals surface area contributed by atoms with E-state index in [9.17, 15) is 10.2 Å². The van der Waals surface area contributed by atoms with Crippen molar-refractivity contribution in [2.45, 2.75) is 64.0 Å². The summed E-state index contributed by atoms with van der Waals surface area (Å²) in [5, 5.41) is 25.0. The van der Waals surface area contributed by atoms with Crippen molar-refractivity contribution in [3.05, 3.63) is 41.5 Å². The fraction of sp³-hybridized carbons (Fsp3) is 0.619. The average Bonchev–Trinajstić information content (AvgIpc) is 3.00. The van der Waals surface area contributed by atoms with Crippen LogP contribution in [0.5, 0.6) is 0 Å². The molecule has 1 aliphatic heterocycles. The summed E-state index contributed by atoms with van der Waals surface area (Å²) in [7, 11) is 0. The minimum absolute atomic E-state index is 0.0543. The zero-order valence-corrected chi connectivity index (χ0v) is 17.0. The van der Waals surface area contributed by atoms with Gasteiger partial charge in [-0.05, 0) is 64.4 Å². The molecule has 1 saturated heterocycles. The van der Waals surface area contributed by atoms with E-state index >= 15 is 0 Å². The van der Waals surface area contributed by atoms with Crippen molar-refractivity contribution in [3.63, 3.8) is 0 Å². The Morgan fingerprint density at radius 1 is 1.29 bits per heavy atom. The van der Waals surface area contributed by atoms with Gasteiger partial charge in [-0.2, -0.15) is 14.8 Å². The molecule has 7 heteroatoms. The molecule has 0 radical (unpaired) electrons. The molecule has 1 aliphatic carbocycles. The Hall–Kier alpha value is -2.12. The van der Waals surface area contributed by atoms with Crippen LogP contribution in [-0.2, 0) is 5.72 Å². The number of likely N-dealkylation sites (tertiary alicyclic amines) is 1. The van der Waals surface area contributed by atoms with Gasteiger partial charge in [0, 0.05) is 12.5 Å². The van der Waals surface area contributed by atoms with Crippen molar-refractivity contribution in [2.24, 2.45) is 0 Å². The van der Waals surface area contributed by atoms with Gasteiger partial charge in [0.05, 0.1) is 0 Å². The molecule has 3 rings (SSSR count). The van der Waals surface area contributed by atoms with Gasteiger partial charge in [-0.1, -0.05) is 30.9 Å². The van der Waals surface area contributed by atoms with E-state index in [1.165, 1.54) is 36.8 Å². The fourth-order valence-corrected chi connectivity index (χ4v) is 4.03. The van der Waals surface area contributed by atoms with Gasteiger partial charge in [0.15, 0.2) is 11.5 Å². The van der Waals surface area contributed by atoms with E-state index in [2.05, 4.69) is 15.0 Å². The van der Waals surface area contributed by atoms with Crippen LogP contribution in [0.25, 0.3) is 0 Å². The number of hydrogen-bond acceptors (Lipinski definition) is 6. The van der Waals surface area contributed by atoms with E-state index < -0.39 is 5.72 Å². The predicted octanol–water partition coefficient (Wildman–Crippen LogP) is 3.22. The number of nitrogens with two attached hydrogens (primary N) is 1. The topological polar surface area (TPSA) is 100 Å². The lowest BCUT2D eigenvalue weighted by Crippen LogP contribution is -2.33. The number of hydrogen-bond donors (Lipinski definition) is 3. The molecule has 2 unspecified atom stereocenters. The number of allylic oxidation sites excluding steroid dienone is 3. The van der Waals surface area contributed by atoms with E-state index in [0.717, 1.165) is 25.2 Å². The van der Waals surface area contributed by atoms with Crippen molar-refractivity contribution < 1.29 is 10.2 Å². The molecule has 7 nitrogen and oxygen atoms in total. The van der Waals surface area contributed by atoms with Crippen LogP contribution < -0.4 is 5.73 Å². The monoisotopic (exact) mass is 387 g/mol. The number of aliphatic hydroxyl groups excluding tert-OH is 1. The molecule has 0 bridgehead atoms. The highest BCUT2D eigenvalue weighted by atomic mass is 16.3. The van der Waals surface area contributed by atoms with Gasteiger partial charge < -0.3 is 15.9 Å². The quantitative estimate of drug-likeness (QED) is 0.671. The van der Waals surface area contributed by atoms with Crippen molar-refractivity contribution in [3.8, 4) is 0 Å². The highest BCUT2D eigenvalue weighted by Crippen LogP contribution is 2.27. The van der Waals surface area contributed by atoms with Gasteiger partial charge in [0.2, 0.25) is 5.95 Å². The Morgan fingerprint density at radius 2 is 1.96 bits per heavy atom. The van der Waals surface area contributed by atoms with Gasteiger partial charge in [-0.3, -0.25) is 4.90 Å². The van der Waals surface area contributed by atoms with E-state index in [0.29, 0.717) is 12.2 Å². The largest absolute Gasteiger partial charge is 0.508 e. The van der Waals surface area contributed by atoms with Gasteiger partial charge in [0.1, 0.15) is 5.76 Å². The highest BCUT2D eigenvalue weighted by Gasteiger charge is 2.27. The van der Waals surface area contributed by atoms with Gasteiger partial charge >= 0.3 is 0 Å². The van der Waals surface area contributed by atoms with Crippen molar-refractivity contribution >= 4 is 5.95 Å². The second kappa shape index (κ2) is 8.92. The third kappa shape index (κ3) is 5.23. The summed E-state index contributed by atoms with van der Waals surface area (Å²) in [6.45, 7) is 6.78. The zero-order chi connectivity index (χ0) is 20.1. The molecule has 0 aromatic carbocycles. The molecule has 0 amide bonds. The maximum Gasteiger partial charge on any atom is 0.221 e. The molecular formula is C21H33N5O2. The maximum atomic E-state index is 11.0. The Kier molecular flexibility index (Phi) is 6.57. The predicted molar refractivity (Wildman–Crippen MR) is 111 cm³/mol. The van der Waals surface area contributed by atoms with Crippen molar-refractivity contribution in [1.29, 1.82) is 0 Å². The first-order chi connectivity index (χ1) is 13.3. The summed E-state index contributed by atoms with van der Waals surface area (Å²) < 4.78 is 1.38. The van der Waals surface area contributed by atoms with Crippen LogP contribution >= 0.6 is 0 Å². The van der Waals surface area contributed by atoms with Crippen molar-refractivity contribution in [1.82, 2.24) is 19.7 Å².